The van der Waals surface area contributed by atoms with Crippen molar-refractivity contribution in [2.45, 2.75) is 95.8 Å². The van der Waals surface area contributed by atoms with Crippen LogP contribution in [0.4, 0.5) is 13.2 Å². The van der Waals surface area contributed by atoms with E-state index >= 15 is 4.39 Å². The van der Waals surface area contributed by atoms with Crippen LogP contribution in [0.2, 0.25) is 0 Å². The number of imide groups is 1. The predicted octanol–water partition coefficient (Wildman–Crippen LogP) is 7.18. The number of aromatic nitrogens is 1. The van der Waals surface area contributed by atoms with E-state index in [0.29, 0.717) is 67.3 Å². The molecular weight excluding hydrogens is 770 g/mol. The van der Waals surface area contributed by atoms with Crippen molar-refractivity contribution >= 4 is 40.2 Å². The molecule has 60 heavy (non-hydrogen) atoms. The first-order valence-electron chi connectivity index (χ1n) is 21.7. The van der Waals surface area contributed by atoms with E-state index in [2.05, 4.69) is 21.8 Å². The maximum Gasteiger partial charge on any atom is 0.259 e. The maximum atomic E-state index is 16.3. The van der Waals surface area contributed by atoms with Gasteiger partial charge >= 0.3 is 0 Å². The van der Waals surface area contributed by atoms with Crippen LogP contribution in [0.1, 0.15) is 102 Å². The monoisotopic (exact) mass is 820 g/mol. The fourth-order valence-corrected chi connectivity index (χ4v) is 11.7. The number of benzene rings is 2. The number of halogens is 3. The number of carbonyl (C=O) groups is 4. The van der Waals surface area contributed by atoms with Crippen LogP contribution in [-0.4, -0.2) is 93.4 Å². The normalized spacial score (nSPS) is 26.1. The fourth-order valence-electron chi connectivity index (χ4n) is 11.7. The molecule has 3 atom stereocenters. The molecule has 5 aliphatic heterocycles. The number of alkyl halides is 2. The Balaban J connectivity index is 0.724. The molecule has 1 spiro atoms. The quantitative estimate of drug-likeness (QED) is 0.245. The summed E-state index contributed by atoms with van der Waals surface area (Å²) in [7, 11) is 0. The summed E-state index contributed by atoms with van der Waals surface area (Å²) in [6, 6.07) is 10.5. The van der Waals surface area contributed by atoms with E-state index in [-0.39, 0.29) is 47.7 Å². The molecule has 7 aliphatic rings. The summed E-state index contributed by atoms with van der Waals surface area (Å²) >= 11 is 0. The number of H-pyrrole nitrogens is 1. The number of likely N-dealkylation sites (tertiary alicyclic amines) is 1. The molecule has 0 bridgehead atoms. The van der Waals surface area contributed by atoms with Crippen molar-refractivity contribution in [3.8, 4) is 0 Å². The van der Waals surface area contributed by atoms with E-state index in [4.69, 9.17) is 0 Å². The van der Waals surface area contributed by atoms with Crippen molar-refractivity contribution < 1.29 is 32.3 Å². The Morgan fingerprint density at radius 3 is 2.38 bits per heavy atom. The Labute approximate surface area is 347 Å². The summed E-state index contributed by atoms with van der Waals surface area (Å²) in [4.78, 5) is 62.1. The highest BCUT2D eigenvalue weighted by molar-refractivity contribution is 6.12. The van der Waals surface area contributed by atoms with Crippen LogP contribution < -0.4 is 5.32 Å². The van der Waals surface area contributed by atoms with Gasteiger partial charge in [-0.15, -0.1) is 0 Å². The molecule has 3 fully saturated rings. The number of amides is 4. The Hall–Kier alpha value is -5.01. The first-order valence-corrected chi connectivity index (χ1v) is 21.7. The summed E-state index contributed by atoms with van der Waals surface area (Å²) in [5.41, 5.74) is 7.27. The molecule has 10 rings (SSSR count). The largest absolute Gasteiger partial charge is 0.357 e. The molecule has 2 aromatic carbocycles. The van der Waals surface area contributed by atoms with Gasteiger partial charge in [-0.1, -0.05) is 30.9 Å². The molecule has 2 N–H and O–H groups in total. The molecule has 2 aliphatic carbocycles. The summed E-state index contributed by atoms with van der Waals surface area (Å²) in [5.74, 6) is -0.836. The molecule has 1 saturated carbocycles. The zero-order chi connectivity index (χ0) is 41.4. The molecule has 1 aromatic heterocycles. The van der Waals surface area contributed by atoms with Crippen LogP contribution in [0, 0.1) is 17.3 Å². The average Bonchev–Trinajstić information content (AvgIpc) is 3.88. The van der Waals surface area contributed by atoms with Gasteiger partial charge in [-0.3, -0.25) is 39.2 Å². The first kappa shape index (κ1) is 39.1. The van der Waals surface area contributed by atoms with E-state index < -0.39 is 31.0 Å². The standard InChI is InChI=1S/C47H51F3N6O4/c1-27-35-20-30-23-53(24-31(30)21-36(35)46(60)56(27)39-8-9-41(57)52-45(39)59)26-42(58)54-18-15-47(16-19-54)13-10-28(11-14-47)29-6-7-34(37(48)22-29)44-43-33(12-17-55(44)25-40(49)50)32-4-2-3-5-38(32)51-43/h2-5,7,20-22,28-29,39-40,44,51H,1,6,8-19,23-26H2,(H,52,57,59). The van der Waals surface area contributed by atoms with Gasteiger partial charge in [-0.05, 0) is 116 Å². The number of carbonyl (C=O) groups excluding carboxylic acids is 4. The zero-order valence-electron chi connectivity index (χ0n) is 33.8. The van der Waals surface area contributed by atoms with Gasteiger partial charge in [0.1, 0.15) is 11.9 Å². The SMILES string of the molecule is C=C1c2cc3c(cc2C(=O)N1C1CCC(=O)NC1=O)CN(CC(=O)N1CCC2(CCC(C4C=C(F)C(C5c6[nH]c7ccccc7c6CCN5CC(F)F)=CC4)CC2)CC1)C3. The molecule has 6 heterocycles. The van der Waals surface area contributed by atoms with Gasteiger partial charge in [0.05, 0.1) is 19.1 Å². The highest BCUT2D eigenvalue weighted by Gasteiger charge is 2.44. The number of piperidine rings is 2. The van der Waals surface area contributed by atoms with Crippen molar-refractivity contribution in [3.63, 3.8) is 0 Å². The molecule has 10 nitrogen and oxygen atoms in total. The van der Waals surface area contributed by atoms with Crippen molar-refractivity contribution in [2.75, 3.05) is 32.7 Å². The second kappa shape index (κ2) is 15.2. The number of nitrogens with one attached hydrogen (secondary N) is 2. The maximum absolute atomic E-state index is 16.3. The molecule has 2 saturated heterocycles. The summed E-state index contributed by atoms with van der Waals surface area (Å²) < 4.78 is 43.8. The number of para-hydroxylation sites is 1. The highest BCUT2D eigenvalue weighted by Crippen LogP contribution is 2.51. The van der Waals surface area contributed by atoms with Crippen LogP contribution in [-0.2, 0) is 33.9 Å². The zero-order valence-corrected chi connectivity index (χ0v) is 33.8. The van der Waals surface area contributed by atoms with E-state index in [1.54, 1.807) is 11.0 Å². The van der Waals surface area contributed by atoms with E-state index in [1.165, 1.54) is 4.90 Å². The Bertz CT molecular complexity index is 2320. The van der Waals surface area contributed by atoms with Crippen LogP contribution >= 0.6 is 0 Å². The predicted molar refractivity (Wildman–Crippen MR) is 220 cm³/mol. The van der Waals surface area contributed by atoms with Gasteiger partial charge in [0.15, 0.2) is 0 Å². The number of hydrogen-bond donors (Lipinski definition) is 2. The minimum atomic E-state index is -2.51. The number of aromatic amines is 1. The van der Waals surface area contributed by atoms with Gasteiger partial charge in [-0.25, -0.2) is 13.2 Å². The lowest BCUT2D eigenvalue weighted by Gasteiger charge is -2.47. The lowest BCUT2D eigenvalue weighted by molar-refractivity contribution is -0.136. The molecule has 3 aromatic rings. The Morgan fingerprint density at radius 2 is 1.67 bits per heavy atom. The molecule has 0 radical (unpaired) electrons. The van der Waals surface area contributed by atoms with Crippen molar-refractivity contribution in [3.05, 3.63) is 100 Å². The lowest BCUT2D eigenvalue weighted by Crippen LogP contribution is -2.52. The summed E-state index contributed by atoms with van der Waals surface area (Å²) in [6.45, 7) is 7.07. The highest BCUT2D eigenvalue weighted by atomic mass is 19.3. The molecule has 13 heteroatoms. The summed E-state index contributed by atoms with van der Waals surface area (Å²) in [5, 5.41) is 3.41. The third-order valence-electron chi connectivity index (χ3n) is 15.0. The van der Waals surface area contributed by atoms with Crippen LogP contribution in [0.3, 0.4) is 0 Å². The number of rotatable bonds is 7. The van der Waals surface area contributed by atoms with Crippen molar-refractivity contribution in [2.24, 2.45) is 17.3 Å². The lowest BCUT2D eigenvalue weighted by atomic mass is 9.62. The second-order valence-corrected chi connectivity index (χ2v) is 18.3. The molecule has 4 amide bonds. The van der Waals surface area contributed by atoms with Gasteiger partial charge in [-0.2, -0.15) is 0 Å². The molecule has 3 unspecified atom stereocenters. The van der Waals surface area contributed by atoms with Gasteiger partial charge < -0.3 is 9.88 Å². The second-order valence-electron chi connectivity index (χ2n) is 18.3. The van der Waals surface area contributed by atoms with Gasteiger partial charge in [0, 0.05) is 78.1 Å². The van der Waals surface area contributed by atoms with Gasteiger partial charge in [0.25, 0.3) is 12.3 Å². The van der Waals surface area contributed by atoms with Crippen molar-refractivity contribution in [1.82, 2.24) is 29.9 Å². The number of fused-ring (bicyclic) bond motifs is 5. The van der Waals surface area contributed by atoms with Crippen LogP contribution in [0.25, 0.3) is 16.6 Å². The molecule has 314 valence electrons. The van der Waals surface area contributed by atoms with Gasteiger partial charge in [0.2, 0.25) is 17.7 Å². The third-order valence-corrected chi connectivity index (χ3v) is 15.0. The van der Waals surface area contributed by atoms with Crippen LogP contribution in [0.5, 0.6) is 0 Å². The minimum Gasteiger partial charge on any atom is -0.357 e. The smallest absolute Gasteiger partial charge is 0.259 e. The van der Waals surface area contributed by atoms with Crippen molar-refractivity contribution in [1.29, 1.82) is 0 Å². The van der Waals surface area contributed by atoms with Crippen LogP contribution in [0.15, 0.2) is 66.5 Å². The average molecular weight is 821 g/mol. The van der Waals surface area contributed by atoms with E-state index in [0.717, 1.165) is 84.9 Å². The molecular formula is C47H51F3N6O4. The topological polar surface area (TPSA) is 109 Å². The fraction of sp³-hybridized carbons (Fsp3) is 0.489. The summed E-state index contributed by atoms with van der Waals surface area (Å²) in [6.07, 6.45) is 9.09. The third kappa shape index (κ3) is 6.81. The first-order chi connectivity index (χ1) is 28.9. The Kier molecular flexibility index (Phi) is 9.89. The minimum absolute atomic E-state index is 0.0771. The van der Waals surface area contributed by atoms with E-state index in [1.807, 2.05) is 47.4 Å². The number of allylic oxidation sites excluding steroid dienone is 2. The Morgan fingerprint density at radius 1 is 0.933 bits per heavy atom. The number of nitrogens with zero attached hydrogens (tertiary/aromatic N) is 4. The van der Waals surface area contributed by atoms with E-state index in [9.17, 15) is 28.0 Å². The number of hydrogen-bond acceptors (Lipinski definition) is 6.